The van der Waals surface area contributed by atoms with Gasteiger partial charge < -0.3 is 24.8 Å². The Hall–Kier alpha value is -3.85. The molecule has 1 saturated heterocycles. The number of carbonyl (C=O) groups is 2. The Kier molecular flexibility index (Phi) is 6.88. The second-order valence-corrected chi connectivity index (χ2v) is 10.5. The largest absolute Gasteiger partial charge is 0.474 e. The van der Waals surface area contributed by atoms with Crippen LogP contribution in [0.4, 0.5) is 14.0 Å². The molecule has 1 saturated carbocycles. The van der Waals surface area contributed by atoms with Crippen LogP contribution in [-0.4, -0.2) is 46.4 Å². The first-order valence-electron chi connectivity index (χ1n) is 12.2. The van der Waals surface area contributed by atoms with Crippen LogP contribution in [0.15, 0.2) is 60.7 Å². The smallest absolute Gasteiger partial charge is 0.408 e. The summed E-state index contributed by atoms with van der Waals surface area (Å²) in [5.41, 5.74) is 1.37. The molecule has 38 heavy (non-hydrogen) atoms. The number of ether oxygens (including phenoxy) is 2. The number of amides is 2. The molecule has 2 aromatic carbocycles. The van der Waals surface area contributed by atoms with E-state index in [0.717, 1.165) is 5.56 Å². The van der Waals surface area contributed by atoms with Gasteiger partial charge in [-0.05, 0) is 43.7 Å². The third kappa shape index (κ3) is 5.38. The summed E-state index contributed by atoms with van der Waals surface area (Å²) in [7, 11) is 0. The maximum atomic E-state index is 13.6. The minimum Gasteiger partial charge on any atom is -0.474 e. The lowest BCUT2D eigenvalue weighted by Crippen LogP contribution is -2.41. The van der Waals surface area contributed by atoms with Crippen LogP contribution >= 0.6 is 11.6 Å². The van der Waals surface area contributed by atoms with Gasteiger partial charge in [-0.2, -0.15) is 0 Å². The van der Waals surface area contributed by atoms with Crippen LogP contribution in [0.25, 0.3) is 11.3 Å². The summed E-state index contributed by atoms with van der Waals surface area (Å²) in [6.45, 7) is 4.51. The van der Waals surface area contributed by atoms with Crippen LogP contribution < -0.4 is 10.1 Å². The molecule has 1 aromatic heterocycles. The molecule has 2 heterocycles. The fourth-order valence-corrected chi connectivity index (χ4v) is 5.29. The molecule has 0 bridgehead atoms. The number of hydrogen-bond donors (Lipinski definition) is 2. The van der Waals surface area contributed by atoms with Crippen LogP contribution in [0.3, 0.4) is 0 Å². The van der Waals surface area contributed by atoms with Gasteiger partial charge in [0, 0.05) is 42.1 Å². The van der Waals surface area contributed by atoms with Crippen molar-refractivity contribution in [1.29, 1.82) is 0 Å². The number of nitrogens with zero attached hydrogens (tertiary/aromatic N) is 2. The van der Waals surface area contributed by atoms with Gasteiger partial charge in [-0.3, -0.25) is 0 Å². The number of benzene rings is 2. The lowest BCUT2D eigenvalue weighted by Gasteiger charge is -2.28. The molecule has 5 rings (SSSR count). The minimum atomic E-state index is -0.986. The molecule has 10 heteroatoms. The van der Waals surface area contributed by atoms with E-state index in [9.17, 15) is 19.1 Å². The molecular formula is C28H27ClFN3O5. The van der Waals surface area contributed by atoms with Crippen molar-refractivity contribution < 1.29 is 28.6 Å². The zero-order valence-electron chi connectivity index (χ0n) is 20.9. The number of pyridine rings is 1. The fraction of sp³-hybridized carbons (Fsp3) is 0.321. The minimum absolute atomic E-state index is 0.0976. The Bertz CT molecular complexity index is 1340. The van der Waals surface area contributed by atoms with Crippen LogP contribution in [0, 0.1) is 17.7 Å². The van der Waals surface area contributed by atoms with Gasteiger partial charge in [0.25, 0.3) is 0 Å². The van der Waals surface area contributed by atoms with E-state index in [1.807, 2.05) is 30.3 Å². The first-order valence-corrected chi connectivity index (χ1v) is 12.6. The van der Waals surface area contributed by atoms with Crippen molar-refractivity contribution in [3.8, 4) is 17.1 Å². The van der Waals surface area contributed by atoms with Crippen molar-refractivity contribution in [1.82, 2.24) is 15.2 Å². The Morgan fingerprint density at radius 1 is 1.13 bits per heavy atom. The van der Waals surface area contributed by atoms with E-state index >= 15 is 0 Å². The highest BCUT2D eigenvalue weighted by Gasteiger charge is 2.59. The third-order valence-electron chi connectivity index (χ3n) is 7.00. The second-order valence-electron chi connectivity index (χ2n) is 10.1. The number of likely N-dealkylation sites (tertiary alicyclic amines) is 1. The summed E-state index contributed by atoms with van der Waals surface area (Å²) >= 11 is 6.82. The Morgan fingerprint density at radius 2 is 1.79 bits per heavy atom. The number of alkyl carbamates (subject to hydrolysis) is 1. The summed E-state index contributed by atoms with van der Waals surface area (Å²) in [5.74, 6) is 0.0905. The number of carboxylic acid groups (broad SMARTS) is 1. The molecule has 2 fully saturated rings. The molecule has 2 N–H and O–H groups in total. The predicted molar refractivity (Wildman–Crippen MR) is 138 cm³/mol. The number of piperidine rings is 1. The number of hydrogen-bond acceptors (Lipinski definition) is 5. The van der Waals surface area contributed by atoms with Crippen LogP contribution in [-0.2, 0) is 16.9 Å². The van der Waals surface area contributed by atoms with Crippen LogP contribution in [0.1, 0.15) is 25.0 Å². The van der Waals surface area contributed by atoms with Gasteiger partial charge in [0.05, 0.1) is 16.3 Å². The van der Waals surface area contributed by atoms with Gasteiger partial charge in [-0.25, -0.2) is 19.0 Å². The normalized spacial score (nSPS) is 20.0. The van der Waals surface area contributed by atoms with Crippen LogP contribution in [0.5, 0.6) is 5.88 Å². The molecule has 1 unspecified atom stereocenters. The van der Waals surface area contributed by atoms with Gasteiger partial charge in [0.15, 0.2) is 0 Å². The van der Waals surface area contributed by atoms with Crippen molar-refractivity contribution in [3.05, 3.63) is 82.6 Å². The summed E-state index contributed by atoms with van der Waals surface area (Å²) in [4.78, 5) is 29.9. The third-order valence-corrected chi connectivity index (χ3v) is 7.38. The molecule has 0 spiro atoms. The van der Waals surface area contributed by atoms with E-state index in [1.54, 1.807) is 32.0 Å². The average molecular weight is 540 g/mol. The highest BCUT2D eigenvalue weighted by Crippen LogP contribution is 2.48. The van der Waals surface area contributed by atoms with Gasteiger partial charge in [-0.15, -0.1) is 0 Å². The number of aromatic nitrogens is 1. The van der Waals surface area contributed by atoms with E-state index in [4.69, 9.17) is 21.1 Å². The van der Waals surface area contributed by atoms with E-state index in [2.05, 4.69) is 10.3 Å². The van der Waals surface area contributed by atoms with E-state index < -0.39 is 23.5 Å². The number of nitrogens with one attached hydrogen (secondary N) is 1. The predicted octanol–water partition coefficient (Wildman–Crippen LogP) is 5.69. The quantitative estimate of drug-likeness (QED) is 0.400. The molecule has 3 aromatic rings. The zero-order chi connectivity index (χ0) is 27.0. The Labute approximate surface area is 224 Å². The summed E-state index contributed by atoms with van der Waals surface area (Å²) in [6, 6.07) is 16.8. The molecule has 3 atom stereocenters. The lowest BCUT2D eigenvalue weighted by molar-refractivity contribution is 0.129. The summed E-state index contributed by atoms with van der Waals surface area (Å²) in [5, 5.41) is 12.4. The highest BCUT2D eigenvalue weighted by atomic mass is 35.5. The second kappa shape index (κ2) is 10.1. The van der Waals surface area contributed by atoms with Gasteiger partial charge in [0.2, 0.25) is 5.88 Å². The highest BCUT2D eigenvalue weighted by molar-refractivity contribution is 6.34. The van der Waals surface area contributed by atoms with E-state index in [0.29, 0.717) is 29.9 Å². The monoisotopic (exact) mass is 539 g/mol. The zero-order valence-corrected chi connectivity index (χ0v) is 21.6. The molecule has 2 aliphatic rings. The van der Waals surface area contributed by atoms with Crippen LogP contribution in [0.2, 0.25) is 5.02 Å². The lowest BCUT2D eigenvalue weighted by atomic mass is 9.93. The topological polar surface area (TPSA) is 101 Å². The number of carbonyl (C=O) groups excluding carboxylic acids is 1. The van der Waals surface area contributed by atoms with E-state index in [1.165, 1.54) is 17.0 Å². The Morgan fingerprint density at radius 3 is 2.42 bits per heavy atom. The molecular weight excluding hydrogens is 513 g/mol. The van der Waals surface area contributed by atoms with Crippen molar-refractivity contribution >= 4 is 23.8 Å². The standard InChI is InChI=1S/C28H27ClFN3O5/c1-28(2,32-26(34)37-15-16-6-4-3-5-7-16)21-12-22(38-25-19-13-33(27(35)36)14-20(19)25)31-24(23(21)29)17-8-10-18(30)11-9-17/h3-12,19-20,25H,13-15H2,1-2H3,(H,32,34)(H,35,36)/t19-,20+,25?. The maximum Gasteiger partial charge on any atom is 0.408 e. The molecule has 1 aliphatic heterocycles. The SMILES string of the molecule is CC(C)(NC(=O)OCc1ccccc1)c1cc(OC2[C@H]3CN(C(=O)O)C[C@@H]23)nc(-c2ccc(F)cc2)c1Cl. The number of fused-ring (bicyclic) bond motifs is 1. The average Bonchev–Trinajstić information content (AvgIpc) is 3.30. The van der Waals surface area contributed by atoms with Gasteiger partial charge in [-0.1, -0.05) is 41.9 Å². The first kappa shape index (κ1) is 25.8. The molecule has 2 amide bonds. The number of rotatable bonds is 7. The van der Waals surface area contributed by atoms with Crippen molar-refractivity contribution in [2.75, 3.05) is 13.1 Å². The van der Waals surface area contributed by atoms with Gasteiger partial charge >= 0.3 is 12.2 Å². The Balaban J connectivity index is 1.39. The fourth-order valence-electron chi connectivity index (χ4n) is 4.84. The van der Waals surface area contributed by atoms with E-state index in [-0.39, 0.29) is 35.4 Å². The first-order chi connectivity index (χ1) is 18.1. The molecule has 198 valence electrons. The van der Waals surface area contributed by atoms with Crippen molar-refractivity contribution in [2.24, 2.45) is 11.8 Å². The maximum absolute atomic E-state index is 13.6. The van der Waals surface area contributed by atoms with Gasteiger partial charge in [0.1, 0.15) is 18.5 Å². The van der Waals surface area contributed by atoms with Crippen molar-refractivity contribution in [2.45, 2.75) is 32.1 Å². The summed E-state index contributed by atoms with van der Waals surface area (Å²) in [6.07, 6.45) is -1.73. The molecule has 1 aliphatic carbocycles. The summed E-state index contributed by atoms with van der Waals surface area (Å²) < 4.78 is 25.2. The molecule has 0 radical (unpaired) electrons. The number of halogens is 2. The molecule has 8 nitrogen and oxygen atoms in total. The van der Waals surface area contributed by atoms with Crippen molar-refractivity contribution in [3.63, 3.8) is 0 Å².